The Kier molecular flexibility index (Phi) is 4.91. The van der Waals surface area contributed by atoms with E-state index in [1.807, 2.05) is 26.0 Å². The van der Waals surface area contributed by atoms with Gasteiger partial charge in [-0.1, -0.05) is 12.1 Å². The minimum absolute atomic E-state index is 0.0420. The molecule has 0 aliphatic carbocycles. The first-order chi connectivity index (χ1) is 9.77. The summed E-state index contributed by atoms with van der Waals surface area (Å²) in [4.78, 5) is 0. The Labute approximate surface area is 127 Å². The fraction of sp³-hybridized carbons (Fsp3) is 0.600. The molecule has 21 heavy (non-hydrogen) atoms. The minimum Gasteiger partial charge on any atom is -0.508 e. The van der Waals surface area contributed by atoms with E-state index in [1.54, 1.807) is 6.07 Å². The van der Waals surface area contributed by atoms with Gasteiger partial charge in [-0.15, -0.1) is 0 Å². The van der Waals surface area contributed by atoms with E-state index in [4.69, 9.17) is 0 Å². The van der Waals surface area contributed by atoms with E-state index in [0.717, 1.165) is 24.0 Å². The first kappa shape index (κ1) is 16.3. The van der Waals surface area contributed by atoms with Gasteiger partial charge in [0.2, 0.25) is 10.0 Å². The summed E-state index contributed by atoms with van der Waals surface area (Å²) in [6.45, 7) is 5.09. The van der Waals surface area contributed by atoms with Crippen molar-refractivity contribution in [1.29, 1.82) is 0 Å². The zero-order chi connectivity index (χ0) is 15.6. The van der Waals surface area contributed by atoms with Gasteiger partial charge in [0.25, 0.3) is 0 Å². The van der Waals surface area contributed by atoms with E-state index in [0.29, 0.717) is 18.8 Å². The van der Waals surface area contributed by atoms with Crippen molar-refractivity contribution in [2.45, 2.75) is 38.8 Å². The van der Waals surface area contributed by atoms with Crippen molar-refractivity contribution in [3.05, 3.63) is 29.3 Å². The van der Waals surface area contributed by atoms with Crippen LogP contribution in [0.2, 0.25) is 0 Å². The SMILES string of the molecule is Cc1ccc(C(C)NC2CCN(S(C)(=O)=O)CC2)c(O)c1. The number of piperidine rings is 1. The molecule has 0 amide bonds. The van der Waals surface area contributed by atoms with Crippen molar-refractivity contribution in [3.63, 3.8) is 0 Å². The highest BCUT2D eigenvalue weighted by Gasteiger charge is 2.26. The molecular formula is C15H24N2O3S. The topological polar surface area (TPSA) is 69.6 Å². The molecule has 118 valence electrons. The summed E-state index contributed by atoms with van der Waals surface area (Å²) < 4.78 is 24.5. The van der Waals surface area contributed by atoms with Gasteiger partial charge >= 0.3 is 0 Å². The molecule has 0 spiro atoms. The van der Waals surface area contributed by atoms with Gasteiger partial charge in [0.1, 0.15) is 5.75 Å². The minimum atomic E-state index is -3.08. The van der Waals surface area contributed by atoms with Gasteiger partial charge in [0.05, 0.1) is 6.26 Å². The predicted molar refractivity (Wildman–Crippen MR) is 83.8 cm³/mol. The Bertz CT molecular complexity index is 593. The molecule has 2 rings (SSSR count). The number of nitrogens with one attached hydrogen (secondary N) is 1. The molecule has 1 fully saturated rings. The third-order valence-electron chi connectivity index (χ3n) is 4.06. The van der Waals surface area contributed by atoms with Gasteiger partial charge < -0.3 is 10.4 Å². The molecule has 1 aromatic carbocycles. The molecule has 1 heterocycles. The molecule has 1 aliphatic rings. The highest BCUT2D eigenvalue weighted by Crippen LogP contribution is 2.26. The van der Waals surface area contributed by atoms with Crippen molar-refractivity contribution in [2.75, 3.05) is 19.3 Å². The Morgan fingerprint density at radius 2 is 1.95 bits per heavy atom. The number of phenolic OH excluding ortho intramolecular Hbond substituents is 1. The van der Waals surface area contributed by atoms with Crippen molar-refractivity contribution in [3.8, 4) is 5.75 Å². The lowest BCUT2D eigenvalue weighted by Crippen LogP contribution is -2.45. The van der Waals surface area contributed by atoms with Crippen molar-refractivity contribution >= 4 is 10.0 Å². The summed E-state index contributed by atoms with van der Waals surface area (Å²) in [6.07, 6.45) is 2.85. The lowest BCUT2D eigenvalue weighted by molar-refractivity contribution is 0.277. The Morgan fingerprint density at radius 3 is 2.48 bits per heavy atom. The van der Waals surface area contributed by atoms with Crippen LogP contribution in [0, 0.1) is 6.92 Å². The first-order valence-electron chi connectivity index (χ1n) is 7.28. The van der Waals surface area contributed by atoms with Crippen LogP contribution in [0.15, 0.2) is 18.2 Å². The Hall–Kier alpha value is -1.11. The maximum atomic E-state index is 11.5. The quantitative estimate of drug-likeness (QED) is 0.889. The molecule has 1 saturated heterocycles. The van der Waals surface area contributed by atoms with Crippen LogP contribution in [-0.4, -0.2) is 43.2 Å². The number of hydrogen-bond acceptors (Lipinski definition) is 4. The maximum Gasteiger partial charge on any atom is 0.211 e. The van der Waals surface area contributed by atoms with E-state index in [1.165, 1.54) is 10.6 Å². The number of phenols is 1. The summed E-state index contributed by atoms with van der Waals surface area (Å²) in [5, 5.41) is 13.5. The average molecular weight is 312 g/mol. The van der Waals surface area contributed by atoms with Crippen LogP contribution in [0.5, 0.6) is 5.75 Å². The summed E-state index contributed by atoms with van der Waals surface area (Å²) >= 11 is 0. The monoisotopic (exact) mass is 312 g/mol. The van der Waals surface area contributed by atoms with Crippen molar-refractivity contribution in [1.82, 2.24) is 9.62 Å². The molecule has 5 nitrogen and oxygen atoms in total. The fourth-order valence-corrected chi connectivity index (χ4v) is 3.69. The molecule has 1 atom stereocenters. The molecule has 0 aromatic heterocycles. The first-order valence-corrected chi connectivity index (χ1v) is 9.13. The normalized spacial score (nSPS) is 19.6. The van der Waals surface area contributed by atoms with Crippen LogP contribution in [-0.2, 0) is 10.0 Å². The van der Waals surface area contributed by atoms with Crippen LogP contribution in [0.4, 0.5) is 0 Å². The fourth-order valence-electron chi connectivity index (χ4n) is 2.82. The number of benzene rings is 1. The third kappa shape index (κ3) is 4.18. The largest absolute Gasteiger partial charge is 0.508 e. The molecule has 6 heteroatoms. The van der Waals surface area contributed by atoms with Gasteiger partial charge in [-0.25, -0.2) is 12.7 Å². The van der Waals surface area contributed by atoms with Crippen molar-refractivity contribution in [2.24, 2.45) is 0 Å². The third-order valence-corrected chi connectivity index (χ3v) is 5.36. The standard InChI is InChI=1S/C15H24N2O3S/c1-11-4-5-14(15(18)10-11)12(2)16-13-6-8-17(9-7-13)21(3,19)20/h4-5,10,12-13,16,18H,6-9H2,1-3H3. The molecule has 1 aliphatic heterocycles. The molecule has 0 bridgehead atoms. The summed E-state index contributed by atoms with van der Waals surface area (Å²) in [6, 6.07) is 6.01. The van der Waals surface area contributed by atoms with Crippen molar-refractivity contribution < 1.29 is 13.5 Å². The van der Waals surface area contributed by atoms with Crippen LogP contribution >= 0.6 is 0 Å². The summed E-state index contributed by atoms with van der Waals surface area (Å²) in [5.41, 5.74) is 1.91. The predicted octanol–water partition coefficient (Wildman–Crippen LogP) is 1.78. The molecule has 1 unspecified atom stereocenters. The second-order valence-electron chi connectivity index (χ2n) is 5.89. The van der Waals surface area contributed by atoms with Crippen LogP contribution in [0.1, 0.15) is 36.9 Å². The second kappa shape index (κ2) is 6.34. The molecular weight excluding hydrogens is 288 g/mol. The van der Waals surface area contributed by atoms with Gasteiger partial charge in [-0.05, 0) is 38.3 Å². The van der Waals surface area contributed by atoms with E-state index in [2.05, 4.69) is 5.32 Å². The zero-order valence-corrected chi connectivity index (χ0v) is 13.7. The number of hydrogen-bond donors (Lipinski definition) is 2. The average Bonchev–Trinajstić information content (AvgIpc) is 2.38. The van der Waals surface area contributed by atoms with E-state index < -0.39 is 10.0 Å². The Morgan fingerprint density at radius 1 is 1.33 bits per heavy atom. The molecule has 0 radical (unpaired) electrons. The highest BCUT2D eigenvalue weighted by atomic mass is 32.2. The number of aryl methyl sites for hydroxylation is 1. The summed E-state index contributed by atoms with van der Waals surface area (Å²) in [7, 11) is -3.08. The highest BCUT2D eigenvalue weighted by molar-refractivity contribution is 7.88. The van der Waals surface area contributed by atoms with Gasteiger partial charge in [0, 0.05) is 30.7 Å². The van der Waals surface area contributed by atoms with Crippen LogP contribution in [0.25, 0.3) is 0 Å². The Balaban J connectivity index is 1.94. The lowest BCUT2D eigenvalue weighted by Gasteiger charge is -2.32. The molecule has 1 aromatic rings. The maximum absolute atomic E-state index is 11.5. The number of sulfonamides is 1. The van der Waals surface area contributed by atoms with Gasteiger partial charge in [-0.3, -0.25) is 0 Å². The van der Waals surface area contributed by atoms with E-state index in [-0.39, 0.29) is 12.1 Å². The zero-order valence-electron chi connectivity index (χ0n) is 12.8. The van der Waals surface area contributed by atoms with E-state index >= 15 is 0 Å². The number of nitrogens with zero attached hydrogens (tertiary/aromatic N) is 1. The molecule has 0 saturated carbocycles. The van der Waals surface area contributed by atoms with Gasteiger partial charge in [0.15, 0.2) is 0 Å². The van der Waals surface area contributed by atoms with Crippen LogP contribution < -0.4 is 5.32 Å². The smallest absolute Gasteiger partial charge is 0.211 e. The molecule has 2 N–H and O–H groups in total. The number of rotatable bonds is 4. The second-order valence-corrected chi connectivity index (χ2v) is 7.87. The van der Waals surface area contributed by atoms with Gasteiger partial charge in [-0.2, -0.15) is 0 Å². The van der Waals surface area contributed by atoms with Crippen LogP contribution in [0.3, 0.4) is 0 Å². The lowest BCUT2D eigenvalue weighted by atomic mass is 10.0. The number of aromatic hydroxyl groups is 1. The summed E-state index contributed by atoms with van der Waals surface area (Å²) in [5.74, 6) is 0.309. The van der Waals surface area contributed by atoms with E-state index in [9.17, 15) is 13.5 Å².